The van der Waals surface area contributed by atoms with E-state index in [1.54, 1.807) is 31.4 Å². The van der Waals surface area contributed by atoms with Gasteiger partial charge in [-0.2, -0.15) is 0 Å². The van der Waals surface area contributed by atoms with Crippen LogP contribution < -0.4 is 10.1 Å². The molecule has 2 rings (SSSR count). The van der Waals surface area contributed by atoms with Crippen molar-refractivity contribution < 1.29 is 14.3 Å². The maximum absolute atomic E-state index is 12.1. The van der Waals surface area contributed by atoms with Crippen molar-refractivity contribution in [3.05, 3.63) is 29.8 Å². The van der Waals surface area contributed by atoms with E-state index in [0.29, 0.717) is 17.9 Å². The number of amidine groups is 1. The van der Waals surface area contributed by atoms with Crippen LogP contribution in [0.15, 0.2) is 29.3 Å². The summed E-state index contributed by atoms with van der Waals surface area (Å²) in [5, 5.41) is 2.68. The van der Waals surface area contributed by atoms with Crippen LogP contribution in [0, 0.1) is 0 Å². The third kappa shape index (κ3) is 4.73. The van der Waals surface area contributed by atoms with Crippen molar-refractivity contribution in [1.82, 2.24) is 10.2 Å². The summed E-state index contributed by atoms with van der Waals surface area (Å²) >= 11 is 0. The van der Waals surface area contributed by atoms with Crippen molar-refractivity contribution in [2.75, 3.05) is 40.4 Å². The number of carbonyl (C=O) groups is 1. The van der Waals surface area contributed by atoms with Crippen LogP contribution >= 0.6 is 0 Å². The molecule has 1 aliphatic heterocycles. The fourth-order valence-corrected chi connectivity index (χ4v) is 2.37. The summed E-state index contributed by atoms with van der Waals surface area (Å²) in [6.45, 7) is 3.78. The number of ether oxygens (including phenoxy) is 2. The van der Waals surface area contributed by atoms with Crippen molar-refractivity contribution >= 4 is 11.9 Å². The van der Waals surface area contributed by atoms with Gasteiger partial charge in [0.2, 0.25) is 0 Å². The molecule has 120 valence electrons. The van der Waals surface area contributed by atoms with Crippen LogP contribution in [0.1, 0.15) is 23.2 Å². The van der Waals surface area contributed by atoms with Gasteiger partial charge in [0, 0.05) is 12.1 Å². The monoisotopic (exact) mass is 305 g/mol. The Bertz CT molecular complexity index is 508. The van der Waals surface area contributed by atoms with Gasteiger partial charge in [-0.25, -0.2) is 4.99 Å². The van der Waals surface area contributed by atoms with E-state index >= 15 is 0 Å². The van der Waals surface area contributed by atoms with Gasteiger partial charge >= 0.3 is 0 Å². The predicted molar refractivity (Wildman–Crippen MR) is 85.4 cm³/mol. The quantitative estimate of drug-likeness (QED) is 0.662. The molecule has 1 aromatic rings. The number of carbonyl (C=O) groups excluding carboxylic acids is 1. The second-order valence-electron chi connectivity index (χ2n) is 5.12. The van der Waals surface area contributed by atoms with Gasteiger partial charge in [-0.1, -0.05) is 0 Å². The topological polar surface area (TPSA) is 63.2 Å². The van der Waals surface area contributed by atoms with Crippen LogP contribution in [0.4, 0.5) is 0 Å². The third-order valence-electron chi connectivity index (χ3n) is 3.64. The number of aliphatic imine (C=N–C) groups is 1. The number of methoxy groups -OCH3 is 2. The first kappa shape index (κ1) is 16.3. The van der Waals surface area contributed by atoms with Gasteiger partial charge in [-0.05, 0) is 50.2 Å². The Labute approximate surface area is 131 Å². The fraction of sp³-hybridized carbons (Fsp3) is 0.500. The summed E-state index contributed by atoms with van der Waals surface area (Å²) in [5.41, 5.74) is 0.532. The molecule has 1 aromatic carbocycles. The molecule has 6 heteroatoms. The minimum absolute atomic E-state index is 0.246. The summed E-state index contributed by atoms with van der Waals surface area (Å²) in [4.78, 5) is 18.8. The Morgan fingerprint density at radius 1 is 1.23 bits per heavy atom. The highest BCUT2D eigenvalue weighted by molar-refractivity contribution is 6.04. The van der Waals surface area contributed by atoms with Crippen LogP contribution in [0.2, 0.25) is 0 Å². The van der Waals surface area contributed by atoms with Crippen molar-refractivity contribution in [2.45, 2.75) is 12.8 Å². The molecule has 1 fully saturated rings. The highest BCUT2D eigenvalue weighted by Gasteiger charge is 2.12. The molecule has 0 aliphatic carbocycles. The number of hydrogen-bond donors (Lipinski definition) is 1. The fourth-order valence-electron chi connectivity index (χ4n) is 2.37. The number of hydrogen-bond acceptors (Lipinski definition) is 5. The molecule has 0 saturated carbocycles. The SMILES string of the molecule is COC(=NCCN1CCCC1)NC(=O)c1ccc(OC)cc1. The average Bonchev–Trinajstić information content (AvgIpc) is 3.07. The van der Waals surface area contributed by atoms with Gasteiger partial charge in [0.15, 0.2) is 0 Å². The standard InChI is InChI=1S/C16H23N3O3/c1-21-14-7-5-13(6-8-14)15(20)18-16(22-2)17-9-12-19-10-3-4-11-19/h5-8H,3-4,9-12H2,1-2H3,(H,17,18,20). The third-order valence-corrected chi connectivity index (χ3v) is 3.64. The summed E-state index contributed by atoms with van der Waals surface area (Å²) < 4.78 is 10.2. The predicted octanol–water partition coefficient (Wildman–Crippen LogP) is 1.52. The lowest BCUT2D eigenvalue weighted by Gasteiger charge is -2.13. The first-order valence-corrected chi connectivity index (χ1v) is 7.49. The molecule has 1 heterocycles. The zero-order valence-electron chi connectivity index (χ0n) is 13.2. The first-order valence-electron chi connectivity index (χ1n) is 7.49. The molecule has 0 spiro atoms. The molecule has 1 amide bonds. The Balaban J connectivity index is 1.85. The van der Waals surface area contributed by atoms with Crippen LogP contribution in [-0.4, -0.2) is 57.2 Å². The van der Waals surface area contributed by atoms with E-state index in [1.807, 2.05) is 0 Å². The lowest BCUT2D eigenvalue weighted by molar-refractivity contribution is 0.0968. The zero-order chi connectivity index (χ0) is 15.8. The van der Waals surface area contributed by atoms with Gasteiger partial charge in [-0.3, -0.25) is 10.1 Å². The van der Waals surface area contributed by atoms with Crippen molar-refractivity contribution in [3.63, 3.8) is 0 Å². The highest BCUT2D eigenvalue weighted by atomic mass is 16.5. The van der Waals surface area contributed by atoms with Crippen molar-refractivity contribution in [3.8, 4) is 5.75 Å². The van der Waals surface area contributed by atoms with Gasteiger partial charge in [-0.15, -0.1) is 0 Å². The average molecular weight is 305 g/mol. The Morgan fingerprint density at radius 2 is 1.91 bits per heavy atom. The second kappa shape index (κ2) is 8.38. The van der Waals surface area contributed by atoms with Crippen LogP contribution in [-0.2, 0) is 4.74 Å². The van der Waals surface area contributed by atoms with Crippen molar-refractivity contribution in [2.24, 2.45) is 4.99 Å². The normalized spacial score (nSPS) is 15.6. The largest absolute Gasteiger partial charge is 0.497 e. The van der Waals surface area contributed by atoms with Crippen LogP contribution in [0.25, 0.3) is 0 Å². The molecule has 0 radical (unpaired) electrons. The van der Waals surface area contributed by atoms with Gasteiger partial charge in [0.05, 0.1) is 20.8 Å². The maximum atomic E-state index is 12.1. The summed E-state index contributed by atoms with van der Waals surface area (Å²) in [7, 11) is 3.09. The number of nitrogens with zero attached hydrogens (tertiary/aromatic N) is 2. The van der Waals surface area contributed by atoms with Gasteiger partial charge in [0.1, 0.15) is 5.75 Å². The lowest BCUT2D eigenvalue weighted by Crippen LogP contribution is -2.32. The summed E-state index contributed by atoms with van der Waals surface area (Å²) in [6.07, 6.45) is 2.52. The van der Waals surface area contributed by atoms with Crippen LogP contribution in [0.5, 0.6) is 5.75 Å². The smallest absolute Gasteiger partial charge is 0.291 e. The zero-order valence-corrected chi connectivity index (χ0v) is 13.2. The Kier molecular flexibility index (Phi) is 6.21. The molecule has 6 nitrogen and oxygen atoms in total. The molecule has 1 N–H and O–H groups in total. The number of benzene rings is 1. The minimum Gasteiger partial charge on any atom is -0.497 e. The molecule has 22 heavy (non-hydrogen) atoms. The van der Waals surface area contributed by atoms with E-state index in [4.69, 9.17) is 9.47 Å². The minimum atomic E-state index is -0.246. The summed E-state index contributed by atoms with van der Waals surface area (Å²) in [6, 6.07) is 7.13. The van der Waals surface area contributed by atoms with Gasteiger partial charge in [0.25, 0.3) is 11.9 Å². The molecule has 1 saturated heterocycles. The van der Waals surface area contributed by atoms with Crippen LogP contribution in [0.3, 0.4) is 0 Å². The molecule has 0 unspecified atom stereocenters. The van der Waals surface area contributed by atoms with E-state index < -0.39 is 0 Å². The first-order chi connectivity index (χ1) is 10.7. The Morgan fingerprint density at radius 3 is 2.50 bits per heavy atom. The van der Waals surface area contributed by atoms with E-state index in [2.05, 4.69) is 15.2 Å². The molecular formula is C16H23N3O3. The number of likely N-dealkylation sites (tertiary alicyclic amines) is 1. The van der Waals surface area contributed by atoms with E-state index in [1.165, 1.54) is 20.0 Å². The highest BCUT2D eigenvalue weighted by Crippen LogP contribution is 2.11. The van der Waals surface area contributed by atoms with E-state index in [9.17, 15) is 4.79 Å². The second-order valence-corrected chi connectivity index (χ2v) is 5.12. The summed E-state index contributed by atoms with van der Waals surface area (Å²) in [5.74, 6) is 0.465. The van der Waals surface area contributed by atoms with E-state index in [0.717, 1.165) is 19.6 Å². The number of rotatable bonds is 5. The molecule has 0 aromatic heterocycles. The molecule has 1 aliphatic rings. The number of amides is 1. The molecule has 0 bridgehead atoms. The molecule has 0 atom stereocenters. The maximum Gasteiger partial charge on any atom is 0.291 e. The molecular weight excluding hydrogens is 282 g/mol. The number of nitrogens with one attached hydrogen (secondary N) is 1. The lowest BCUT2D eigenvalue weighted by atomic mass is 10.2. The van der Waals surface area contributed by atoms with Gasteiger partial charge < -0.3 is 14.4 Å². The van der Waals surface area contributed by atoms with Crippen molar-refractivity contribution in [1.29, 1.82) is 0 Å². The van der Waals surface area contributed by atoms with E-state index in [-0.39, 0.29) is 11.9 Å². The Hall–Kier alpha value is -2.08.